The first-order chi connectivity index (χ1) is 13.7. The van der Waals surface area contributed by atoms with E-state index in [9.17, 15) is 4.79 Å². The van der Waals surface area contributed by atoms with Gasteiger partial charge in [0.1, 0.15) is 6.61 Å². The van der Waals surface area contributed by atoms with Gasteiger partial charge >= 0.3 is 0 Å². The lowest BCUT2D eigenvalue weighted by atomic mass is 10.0. The molecule has 1 aromatic carbocycles. The highest BCUT2D eigenvalue weighted by molar-refractivity contribution is 5.77. The summed E-state index contributed by atoms with van der Waals surface area (Å²) in [5, 5.41) is 11.7. The molecule has 1 aliphatic rings. The minimum atomic E-state index is -0.431. The smallest absolute Gasteiger partial charge is 0.245 e. The maximum atomic E-state index is 11.2. The second-order valence-electron chi connectivity index (χ2n) is 7.18. The quantitative estimate of drug-likeness (QED) is 0.691. The number of amides is 1. The lowest BCUT2D eigenvalue weighted by molar-refractivity contribution is -0.124. The van der Waals surface area contributed by atoms with Gasteiger partial charge in [0.25, 0.3) is 0 Å². The predicted octanol–water partition coefficient (Wildman–Crippen LogP) is 1.82. The molecule has 1 fully saturated rings. The van der Waals surface area contributed by atoms with E-state index in [0.717, 1.165) is 45.3 Å². The molecular weight excluding hydrogens is 354 g/mol. The molecule has 1 aromatic heterocycles. The molecule has 6 heteroatoms. The Hall–Kier alpha value is -2.44. The zero-order valence-electron chi connectivity index (χ0n) is 16.2. The molecule has 28 heavy (non-hydrogen) atoms. The van der Waals surface area contributed by atoms with Crippen LogP contribution in [-0.2, 0) is 17.6 Å². The molecule has 1 amide bonds. The summed E-state index contributed by atoms with van der Waals surface area (Å²) in [6.45, 7) is 3.10. The Kier molecular flexibility index (Phi) is 7.82. The third-order valence-corrected chi connectivity index (χ3v) is 5.09. The van der Waals surface area contributed by atoms with Crippen molar-refractivity contribution in [2.24, 2.45) is 0 Å². The van der Waals surface area contributed by atoms with Crippen molar-refractivity contribution in [3.8, 4) is 5.88 Å². The molecule has 150 valence electrons. The zero-order valence-corrected chi connectivity index (χ0v) is 16.2. The molecule has 2 N–H and O–H groups in total. The number of ether oxygens (including phenoxy) is 1. The summed E-state index contributed by atoms with van der Waals surface area (Å²) >= 11 is 0. The number of nitrogens with one attached hydrogen (secondary N) is 1. The summed E-state index contributed by atoms with van der Waals surface area (Å²) in [5.41, 5.74) is 2.46. The normalized spacial score (nSPS) is 15.3. The van der Waals surface area contributed by atoms with Crippen molar-refractivity contribution in [2.75, 3.05) is 32.8 Å². The van der Waals surface area contributed by atoms with Crippen LogP contribution in [0.25, 0.3) is 0 Å². The van der Waals surface area contributed by atoms with Gasteiger partial charge in [-0.3, -0.25) is 4.79 Å². The molecule has 0 atom stereocenters. The summed E-state index contributed by atoms with van der Waals surface area (Å²) in [4.78, 5) is 18.1. The van der Waals surface area contributed by atoms with Gasteiger partial charge in [-0.25, -0.2) is 4.98 Å². The first kappa shape index (κ1) is 20.3. The predicted molar refractivity (Wildman–Crippen MR) is 108 cm³/mol. The molecule has 0 saturated carbocycles. The minimum Gasteiger partial charge on any atom is -0.477 e. The minimum absolute atomic E-state index is 0.185. The second-order valence-corrected chi connectivity index (χ2v) is 7.18. The van der Waals surface area contributed by atoms with E-state index in [2.05, 4.69) is 33.4 Å². The molecule has 0 bridgehead atoms. The van der Waals surface area contributed by atoms with E-state index in [1.165, 1.54) is 11.1 Å². The van der Waals surface area contributed by atoms with Crippen molar-refractivity contribution in [2.45, 2.75) is 31.7 Å². The molecule has 2 aromatic rings. The van der Waals surface area contributed by atoms with Crippen LogP contribution < -0.4 is 10.1 Å². The third-order valence-electron chi connectivity index (χ3n) is 5.09. The highest BCUT2D eigenvalue weighted by Gasteiger charge is 2.20. The van der Waals surface area contributed by atoms with Gasteiger partial charge in [-0.15, -0.1) is 0 Å². The van der Waals surface area contributed by atoms with Gasteiger partial charge in [0, 0.05) is 44.4 Å². The largest absolute Gasteiger partial charge is 0.477 e. The topological polar surface area (TPSA) is 74.7 Å². The van der Waals surface area contributed by atoms with Gasteiger partial charge in [0.2, 0.25) is 11.8 Å². The van der Waals surface area contributed by atoms with Gasteiger partial charge < -0.3 is 20.1 Å². The molecule has 6 nitrogen and oxygen atoms in total. The van der Waals surface area contributed by atoms with Gasteiger partial charge in [0.15, 0.2) is 0 Å². The van der Waals surface area contributed by atoms with Crippen molar-refractivity contribution < 1.29 is 14.6 Å². The lowest BCUT2D eigenvalue weighted by Crippen LogP contribution is -2.45. The van der Waals surface area contributed by atoms with E-state index in [0.29, 0.717) is 12.5 Å². The van der Waals surface area contributed by atoms with Gasteiger partial charge in [-0.1, -0.05) is 36.4 Å². The molecular formula is C22H29N3O3. The highest BCUT2D eigenvalue weighted by atomic mass is 16.5. The number of carbonyl (C=O) groups is 1. The Morgan fingerprint density at radius 1 is 1.11 bits per heavy atom. The van der Waals surface area contributed by atoms with Crippen LogP contribution in [0.2, 0.25) is 0 Å². The van der Waals surface area contributed by atoms with Crippen molar-refractivity contribution in [3.05, 3.63) is 59.8 Å². The standard InChI is InChI=1S/C22H29N3O3/c26-17-21(27)24-20-9-13-25(14-10-20)12-8-19-6-7-22(23-16-19)28-15-11-18-4-2-1-3-5-18/h1-7,16,20,26H,8-15,17H2,(H,24,27). The van der Waals surface area contributed by atoms with E-state index in [1.54, 1.807) is 0 Å². The summed E-state index contributed by atoms with van der Waals surface area (Å²) in [6.07, 6.45) is 5.58. The van der Waals surface area contributed by atoms with Crippen LogP contribution in [0.3, 0.4) is 0 Å². The molecule has 2 heterocycles. The molecule has 0 aliphatic carbocycles. The Labute approximate surface area is 166 Å². The van der Waals surface area contributed by atoms with Crippen LogP contribution in [0.5, 0.6) is 5.88 Å². The summed E-state index contributed by atoms with van der Waals surface area (Å²) in [5.74, 6) is 0.385. The second kappa shape index (κ2) is 10.8. The third kappa shape index (κ3) is 6.62. The zero-order chi connectivity index (χ0) is 19.6. The number of pyridine rings is 1. The Morgan fingerprint density at radius 3 is 2.57 bits per heavy atom. The number of aliphatic hydroxyl groups is 1. The van der Waals surface area contributed by atoms with E-state index < -0.39 is 6.61 Å². The average molecular weight is 383 g/mol. The van der Waals surface area contributed by atoms with Gasteiger partial charge in [-0.05, 0) is 30.4 Å². The number of aromatic nitrogens is 1. The fourth-order valence-corrected chi connectivity index (χ4v) is 3.42. The number of carbonyl (C=O) groups excluding carboxylic acids is 1. The van der Waals surface area contributed by atoms with Crippen molar-refractivity contribution in [1.29, 1.82) is 0 Å². The van der Waals surface area contributed by atoms with Crippen molar-refractivity contribution in [3.63, 3.8) is 0 Å². The van der Waals surface area contributed by atoms with Crippen LogP contribution >= 0.6 is 0 Å². The van der Waals surface area contributed by atoms with Crippen LogP contribution in [-0.4, -0.2) is 59.8 Å². The molecule has 1 aliphatic heterocycles. The molecule has 0 spiro atoms. The Morgan fingerprint density at radius 2 is 1.89 bits per heavy atom. The molecule has 0 unspecified atom stereocenters. The highest BCUT2D eigenvalue weighted by Crippen LogP contribution is 2.13. The first-order valence-electron chi connectivity index (χ1n) is 9.97. The number of benzene rings is 1. The fraction of sp³-hybridized carbons (Fsp3) is 0.455. The molecule has 0 radical (unpaired) electrons. The van der Waals surface area contributed by atoms with E-state index >= 15 is 0 Å². The number of rotatable bonds is 9. The Balaban J connectivity index is 1.34. The van der Waals surface area contributed by atoms with Crippen molar-refractivity contribution >= 4 is 5.91 Å². The maximum Gasteiger partial charge on any atom is 0.245 e. The van der Waals surface area contributed by atoms with E-state index in [4.69, 9.17) is 9.84 Å². The first-order valence-corrected chi connectivity index (χ1v) is 9.97. The number of piperidine rings is 1. The number of hydrogen-bond donors (Lipinski definition) is 2. The summed E-state index contributed by atoms with van der Waals surface area (Å²) < 4.78 is 5.74. The molecule has 3 rings (SSSR count). The number of nitrogens with zero attached hydrogens (tertiary/aromatic N) is 2. The number of hydrogen-bond acceptors (Lipinski definition) is 5. The van der Waals surface area contributed by atoms with E-state index in [-0.39, 0.29) is 11.9 Å². The van der Waals surface area contributed by atoms with Crippen LogP contribution in [0.15, 0.2) is 48.7 Å². The maximum absolute atomic E-state index is 11.2. The fourth-order valence-electron chi connectivity index (χ4n) is 3.42. The number of aliphatic hydroxyl groups excluding tert-OH is 1. The van der Waals surface area contributed by atoms with Crippen LogP contribution in [0, 0.1) is 0 Å². The summed E-state index contributed by atoms with van der Waals surface area (Å²) in [7, 11) is 0. The SMILES string of the molecule is O=C(CO)NC1CCN(CCc2ccc(OCCc3ccccc3)nc2)CC1. The summed E-state index contributed by atoms with van der Waals surface area (Å²) in [6, 6.07) is 14.5. The average Bonchev–Trinajstić information content (AvgIpc) is 2.75. The van der Waals surface area contributed by atoms with Gasteiger partial charge in [0.05, 0.1) is 6.61 Å². The van der Waals surface area contributed by atoms with Crippen LogP contribution in [0.4, 0.5) is 0 Å². The Bertz CT molecular complexity index is 714. The lowest BCUT2D eigenvalue weighted by Gasteiger charge is -2.32. The monoisotopic (exact) mass is 383 g/mol. The van der Waals surface area contributed by atoms with Crippen molar-refractivity contribution in [1.82, 2.24) is 15.2 Å². The van der Waals surface area contributed by atoms with Crippen LogP contribution in [0.1, 0.15) is 24.0 Å². The van der Waals surface area contributed by atoms with E-state index in [1.807, 2.05) is 30.5 Å². The molecule has 1 saturated heterocycles. The number of likely N-dealkylation sites (tertiary alicyclic amines) is 1. The van der Waals surface area contributed by atoms with Gasteiger partial charge in [-0.2, -0.15) is 0 Å².